The fraction of sp³-hybridized carbons (Fsp3) is 0.458. The summed E-state index contributed by atoms with van der Waals surface area (Å²) in [4.78, 5) is 0. The maximum Gasteiger partial charge on any atom is 0.192 e. The first-order valence-electron chi connectivity index (χ1n) is 10.5. The van der Waals surface area contributed by atoms with Gasteiger partial charge in [-0.15, -0.1) is 0 Å². The first kappa shape index (κ1) is 20.8. The normalized spacial score (nSPS) is 12.6. The van der Waals surface area contributed by atoms with E-state index in [2.05, 4.69) is 88.7 Å². The molecule has 3 aromatic rings. The van der Waals surface area contributed by atoms with Gasteiger partial charge < -0.3 is 4.43 Å². The summed E-state index contributed by atoms with van der Waals surface area (Å²) in [6, 6.07) is 20.6. The van der Waals surface area contributed by atoms with Crippen molar-refractivity contribution in [2.24, 2.45) is 0 Å². The minimum absolute atomic E-state index is 0.107. The Bertz CT molecular complexity index is 913. The topological polar surface area (TPSA) is 27.1 Å². The van der Waals surface area contributed by atoms with Crippen LogP contribution in [0.2, 0.25) is 18.1 Å². The Morgan fingerprint density at radius 2 is 1.57 bits per heavy atom. The minimum atomic E-state index is -1.68. The van der Waals surface area contributed by atoms with Crippen LogP contribution >= 0.6 is 0 Å². The molecule has 0 N–H and O–H groups in total. The lowest BCUT2D eigenvalue weighted by Crippen LogP contribution is -2.35. The molecule has 150 valence electrons. The molecule has 0 atom stereocenters. The third-order valence-electron chi connectivity index (χ3n) is 6.09. The van der Waals surface area contributed by atoms with Crippen molar-refractivity contribution < 1.29 is 4.43 Å². The molecule has 0 radical (unpaired) electrons. The van der Waals surface area contributed by atoms with Gasteiger partial charge >= 0.3 is 0 Å². The zero-order valence-electron chi connectivity index (χ0n) is 18.2. The fourth-order valence-electron chi connectivity index (χ4n) is 3.80. The van der Waals surface area contributed by atoms with Crippen LogP contribution in [0.4, 0.5) is 0 Å². The van der Waals surface area contributed by atoms with Crippen LogP contribution in [0, 0.1) is 0 Å². The maximum atomic E-state index is 6.70. The van der Waals surface area contributed by atoms with E-state index in [9.17, 15) is 0 Å². The van der Waals surface area contributed by atoms with Gasteiger partial charge in [-0.05, 0) is 53.4 Å². The second kappa shape index (κ2) is 8.22. The molecule has 0 fully saturated rings. The number of aromatic nitrogens is 2. The lowest BCUT2D eigenvalue weighted by molar-refractivity contribution is 0.280. The molecule has 0 aliphatic rings. The van der Waals surface area contributed by atoms with E-state index in [1.54, 1.807) is 0 Å². The molecule has 0 bridgehead atoms. The zero-order valence-corrected chi connectivity index (χ0v) is 19.2. The van der Waals surface area contributed by atoms with Crippen molar-refractivity contribution in [3.8, 4) is 5.69 Å². The van der Waals surface area contributed by atoms with Gasteiger partial charge in [-0.1, -0.05) is 65.8 Å². The summed E-state index contributed by atoms with van der Waals surface area (Å²) in [6.45, 7) is 14.2. The van der Waals surface area contributed by atoms with Crippen molar-refractivity contribution in [2.45, 2.75) is 71.7 Å². The molecule has 28 heavy (non-hydrogen) atoms. The monoisotopic (exact) mass is 394 g/mol. The SMILES string of the molecule is CC[Si](CC)(CC)OCc1c2cc(C(C)(C)C)ccc2nn1-c1ccccc1. The molecule has 1 aromatic heterocycles. The Morgan fingerprint density at radius 3 is 2.14 bits per heavy atom. The van der Waals surface area contributed by atoms with E-state index in [0.717, 1.165) is 29.3 Å². The maximum absolute atomic E-state index is 6.70. The van der Waals surface area contributed by atoms with Crippen molar-refractivity contribution in [2.75, 3.05) is 0 Å². The first-order chi connectivity index (χ1) is 13.3. The molecule has 0 aliphatic heterocycles. The highest BCUT2D eigenvalue weighted by Gasteiger charge is 2.29. The van der Waals surface area contributed by atoms with E-state index in [4.69, 9.17) is 9.52 Å². The number of para-hydroxylation sites is 1. The Morgan fingerprint density at radius 1 is 0.929 bits per heavy atom. The summed E-state index contributed by atoms with van der Waals surface area (Å²) in [5.74, 6) is 0. The highest BCUT2D eigenvalue weighted by Crippen LogP contribution is 2.31. The predicted molar refractivity (Wildman–Crippen MR) is 122 cm³/mol. The van der Waals surface area contributed by atoms with E-state index in [0.29, 0.717) is 6.61 Å². The quantitative estimate of drug-likeness (QED) is 0.410. The van der Waals surface area contributed by atoms with E-state index >= 15 is 0 Å². The molecule has 0 saturated heterocycles. The van der Waals surface area contributed by atoms with Crippen LogP contribution in [0.15, 0.2) is 48.5 Å². The Labute approximate surface area is 170 Å². The highest BCUT2D eigenvalue weighted by molar-refractivity contribution is 6.73. The largest absolute Gasteiger partial charge is 0.411 e. The lowest BCUT2D eigenvalue weighted by atomic mass is 9.86. The van der Waals surface area contributed by atoms with Crippen LogP contribution in [0.25, 0.3) is 16.6 Å². The molecule has 4 heteroatoms. The van der Waals surface area contributed by atoms with E-state index < -0.39 is 8.32 Å². The molecule has 1 heterocycles. The number of fused-ring (bicyclic) bond motifs is 1. The van der Waals surface area contributed by atoms with Gasteiger partial charge in [0, 0.05) is 5.39 Å². The summed E-state index contributed by atoms with van der Waals surface area (Å²) in [5.41, 5.74) is 4.73. The molecule has 0 aliphatic carbocycles. The number of benzene rings is 2. The van der Waals surface area contributed by atoms with Crippen molar-refractivity contribution in [3.63, 3.8) is 0 Å². The van der Waals surface area contributed by atoms with Crippen molar-refractivity contribution >= 4 is 19.2 Å². The predicted octanol–water partition coefficient (Wildman–Crippen LogP) is 6.84. The van der Waals surface area contributed by atoms with Crippen LogP contribution in [0.3, 0.4) is 0 Å². The van der Waals surface area contributed by atoms with Gasteiger partial charge in [0.05, 0.1) is 23.5 Å². The number of nitrogens with zero attached hydrogens (tertiary/aromatic N) is 2. The standard InChI is InChI=1S/C24H34N2OSi/c1-7-28(8-2,9-3)27-18-23-21-17-19(24(4,5)6)15-16-22(21)25-26(23)20-13-11-10-12-14-20/h10-17H,7-9,18H2,1-6H3. The highest BCUT2D eigenvalue weighted by atomic mass is 28.4. The van der Waals surface area contributed by atoms with E-state index in [-0.39, 0.29) is 5.41 Å². The minimum Gasteiger partial charge on any atom is -0.411 e. The van der Waals surface area contributed by atoms with E-state index in [1.165, 1.54) is 16.6 Å². The molecule has 0 saturated carbocycles. The van der Waals surface area contributed by atoms with Crippen molar-refractivity contribution in [3.05, 3.63) is 59.8 Å². The van der Waals surface area contributed by atoms with Gasteiger partial charge in [-0.2, -0.15) is 5.10 Å². The van der Waals surface area contributed by atoms with Crippen LogP contribution in [-0.4, -0.2) is 18.1 Å². The van der Waals surface area contributed by atoms with Crippen molar-refractivity contribution in [1.29, 1.82) is 0 Å². The Hall–Kier alpha value is -1.91. The molecule has 3 rings (SSSR count). The summed E-state index contributed by atoms with van der Waals surface area (Å²) in [5, 5.41) is 6.15. The summed E-state index contributed by atoms with van der Waals surface area (Å²) >= 11 is 0. The second-order valence-electron chi connectivity index (χ2n) is 8.71. The molecule has 0 spiro atoms. The average Bonchev–Trinajstić information content (AvgIpc) is 3.07. The zero-order chi connectivity index (χ0) is 20.4. The third kappa shape index (κ3) is 4.08. The van der Waals surface area contributed by atoms with Gasteiger partial charge in [0.1, 0.15) is 0 Å². The lowest BCUT2D eigenvalue weighted by Gasteiger charge is -2.28. The molecule has 3 nitrogen and oxygen atoms in total. The first-order valence-corrected chi connectivity index (χ1v) is 13.1. The molecule has 2 aromatic carbocycles. The fourth-order valence-corrected chi connectivity index (χ4v) is 6.36. The number of hydrogen-bond acceptors (Lipinski definition) is 2. The van der Waals surface area contributed by atoms with Gasteiger partial charge in [-0.3, -0.25) is 0 Å². The van der Waals surface area contributed by atoms with E-state index in [1.807, 2.05) is 6.07 Å². The summed E-state index contributed by atoms with van der Waals surface area (Å²) in [6.07, 6.45) is 0. The summed E-state index contributed by atoms with van der Waals surface area (Å²) < 4.78 is 8.78. The van der Waals surface area contributed by atoms with Gasteiger partial charge in [-0.25, -0.2) is 4.68 Å². The van der Waals surface area contributed by atoms with Gasteiger partial charge in [0.25, 0.3) is 0 Å². The Kier molecular flexibility index (Phi) is 6.11. The number of rotatable bonds is 7. The number of hydrogen-bond donors (Lipinski definition) is 0. The third-order valence-corrected chi connectivity index (χ3v) is 10.7. The molecular weight excluding hydrogens is 360 g/mol. The molecule has 0 unspecified atom stereocenters. The van der Waals surface area contributed by atoms with Crippen LogP contribution < -0.4 is 0 Å². The summed E-state index contributed by atoms with van der Waals surface area (Å²) in [7, 11) is -1.68. The van der Waals surface area contributed by atoms with Gasteiger partial charge in [0.2, 0.25) is 0 Å². The smallest absolute Gasteiger partial charge is 0.192 e. The van der Waals surface area contributed by atoms with Crippen LogP contribution in [0.1, 0.15) is 52.8 Å². The molecule has 0 amide bonds. The Balaban J connectivity index is 2.12. The molecular formula is C24H34N2OSi. The van der Waals surface area contributed by atoms with Crippen LogP contribution in [0.5, 0.6) is 0 Å². The van der Waals surface area contributed by atoms with Crippen LogP contribution in [-0.2, 0) is 16.4 Å². The second-order valence-corrected chi connectivity index (χ2v) is 13.5. The van der Waals surface area contributed by atoms with Gasteiger partial charge in [0.15, 0.2) is 8.32 Å². The average molecular weight is 395 g/mol. The van der Waals surface area contributed by atoms with Crippen molar-refractivity contribution in [1.82, 2.24) is 9.78 Å².